The zero-order valence-corrected chi connectivity index (χ0v) is 10.4. The average molecular weight is 273 g/mol. The zero-order chi connectivity index (χ0) is 14.4. The number of furan rings is 1. The zero-order valence-electron chi connectivity index (χ0n) is 10.4. The van der Waals surface area contributed by atoms with E-state index in [4.69, 9.17) is 9.15 Å². The fourth-order valence-electron chi connectivity index (χ4n) is 1.49. The van der Waals surface area contributed by atoms with Crippen LogP contribution >= 0.6 is 0 Å². The lowest BCUT2D eigenvalue weighted by molar-refractivity contribution is -0.384. The largest absolute Gasteiger partial charge is 0.466 e. The highest BCUT2D eigenvalue weighted by Crippen LogP contribution is 2.14. The summed E-state index contributed by atoms with van der Waals surface area (Å²) in [6.45, 7) is 0.0467. The van der Waals surface area contributed by atoms with Gasteiger partial charge in [0.05, 0.1) is 11.2 Å². The molecule has 0 radical (unpaired) electrons. The summed E-state index contributed by atoms with van der Waals surface area (Å²) >= 11 is 0. The van der Waals surface area contributed by atoms with Crippen LogP contribution in [0.1, 0.15) is 11.3 Å². The third-order valence-corrected chi connectivity index (χ3v) is 2.43. The van der Waals surface area contributed by atoms with E-state index < -0.39 is 10.9 Å². The molecule has 0 saturated heterocycles. The number of non-ortho nitro benzene ring substituents is 1. The van der Waals surface area contributed by atoms with Gasteiger partial charge in [0.15, 0.2) is 0 Å². The van der Waals surface area contributed by atoms with Crippen molar-refractivity contribution in [2.24, 2.45) is 0 Å². The average Bonchev–Trinajstić information content (AvgIpc) is 2.96. The molecule has 20 heavy (non-hydrogen) atoms. The predicted molar refractivity (Wildman–Crippen MR) is 70.6 cm³/mol. The molecule has 2 rings (SSSR count). The lowest BCUT2D eigenvalue weighted by Gasteiger charge is -1.98. The van der Waals surface area contributed by atoms with Crippen molar-refractivity contribution in [2.75, 3.05) is 0 Å². The first kappa shape index (κ1) is 13.5. The number of benzene rings is 1. The summed E-state index contributed by atoms with van der Waals surface area (Å²) in [6.07, 6.45) is 4.15. The minimum atomic E-state index is -0.548. The Bertz CT molecular complexity index is 631. The first-order valence-electron chi connectivity index (χ1n) is 5.77. The SMILES string of the molecule is O=C(/C=C/c1cccc([N+](=O)[O-])c1)OCc1ccco1. The second-order valence-corrected chi connectivity index (χ2v) is 3.87. The molecule has 0 N–H and O–H groups in total. The number of rotatable bonds is 5. The quantitative estimate of drug-likeness (QED) is 0.362. The van der Waals surface area contributed by atoms with E-state index in [9.17, 15) is 14.9 Å². The Kier molecular flexibility index (Phi) is 4.28. The highest BCUT2D eigenvalue weighted by Gasteiger charge is 2.04. The Hall–Kier alpha value is -2.89. The Morgan fingerprint density at radius 3 is 2.90 bits per heavy atom. The molecule has 0 atom stereocenters. The van der Waals surface area contributed by atoms with E-state index in [1.807, 2.05) is 0 Å². The van der Waals surface area contributed by atoms with Crippen LogP contribution in [-0.2, 0) is 16.1 Å². The van der Waals surface area contributed by atoms with Gasteiger partial charge >= 0.3 is 5.97 Å². The number of hydrogen-bond acceptors (Lipinski definition) is 5. The third-order valence-electron chi connectivity index (χ3n) is 2.43. The van der Waals surface area contributed by atoms with E-state index in [-0.39, 0.29) is 12.3 Å². The number of nitro benzene ring substituents is 1. The van der Waals surface area contributed by atoms with Crippen LogP contribution in [0.4, 0.5) is 5.69 Å². The summed E-state index contributed by atoms with van der Waals surface area (Å²) in [5.41, 5.74) is 0.519. The van der Waals surface area contributed by atoms with E-state index in [0.717, 1.165) is 0 Å². The Labute approximate surface area is 114 Å². The first-order valence-corrected chi connectivity index (χ1v) is 5.77. The van der Waals surface area contributed by atoms with Gasteiger partial charge in [0.2, 0.25) is 0 Å². The molecule has 0 saturated carbocycles. The number of carbonyl (C=O) groups excluding carboxylic acids is 1. The summed E-state index contributed by atoms with van der Waals surface area (Å²) in [6, 6.07) is 9.35. The number of carbonyl (C=O) groups is 1. The summed E-state index contributed by atoms with van der Waals surface area (Å²) in [7, 11) is 0. The summed E-state index contributed by atoms with van der Waals surface area (Å²) in [4.78, 5) is 21.6. The highest BCUT2D eigenvalue weighted by molar-refractivity contribution is 5.87. The number of nitrogens with zero attached hydrogens (tertiary/aromatic N) is 1. The Morgan fingerprint density at radius 1 is 1.35 bits per heavy atom. The predicted octanol–water partition coefficient (Wildman–Crippen LogP) is 2.94. The maximum Gasteiger partial charge on any atom is 0.331 e. The van der Waals surface area contributed by atoms with Gasteiger partial charge in [-0.3, -0.25) is 10.1 Å². The molecule has 1 aromatic heterocycles. The van der Waals surface area contributed by atoms with Crippen LogP contribution in [0.3, 0.4) is 0 Å². The summed E-state index contributed by atoms with van der Waals surface area (Å²) < 4.78 is 9.94. The van der Waals surface area contributed by atoms with E-state index in [2.05, 4.69) is 0 Å². The van der Waals surface area contributed by atoms with Crippen LogP contribution in [0.5, 0.6) is 0 Å². The van der Waals surface area contributed by atoms with Crippen molar-refractivity contribution in [1.82, 2.24) is 0 Å². The molecule has 1 heterocycles. The number of hydrogen-bond donors (Lipinski definition) is 0. The van der Waals surface area contributed by atoms with Gasteiger partial charge in [-0.2, -0.15) is 0 Å². The molecule has 0 aliphatic carbocycles. The van der Waals surface area contributed by atoms with Gasteiger partial charge in [-0.25, -0.2) is 4.79 Å². The topological polar surface area (TPSA) is 82.6 Å². The second-order valence-electron chi connectivity index (χ2n) is 3.87. The number of esters is 1. The standard InChI is InChI=1S/C14H11NO5/c16-14(20-10-13-5-2-8-19-13)7-6-11-3-1-4-12(9-11)15(17)18/h1-9H,10H2/b7-6+. The fourth-order valence-corrected chi connectivity index (χ4v) is 1.49. The number of nitro groups is 1. The minimum Gasteiger partial charge on any atom is -0.466 e. The second kappa shape index (κ2) is 6.33. The first-order chi connectivity index (χ1) is 9.65. The van der Waals surface area contributed by atoms with Crippen LogP contribution in [0, 0.1) is 10.1 Å². The van der Waals surface area contributed by atoms with Gasteiger partial charge in [0, 0.05) is 18.2 Å². The molecule has 6 heteroatoms. The molecule has 0 bridgehead atoms. The van der Waals surface area contributed by atoms with Crippen LogP contribution in [-0.4, -0.2) is 10.9 Å². The maximum absolute atomic E-state index is 11.4. The smallest absolute Gasteiger partial charge is 0.331 e. The fraction of sp³-hybridized carbons (Fsp3) is 0.0714. The molecular weight excluding hydrogens is 262 g/mol. The van der Waals surface area contributed by atoms with Crippen LogP contribution < -0.4 is 0 Å². The molecule has 0 aliphatic rings. The van der Waals surface area contributed by atoms with Crippen LogP contribution in [0.15, 0.2) is 53.2 Å². The van der Waals surface area contributed by atoms with Crippen molar-refractivity contribution in [3.05, 3.63) is 70.2 Å². The lowest BCUT2D eigenvalue weighted by atomic mass is 10.2. The van der Waals surface area contributed by atoms with Crippen molar-refractivity contribution >= 4 is 17.7 Å². The van der Waals surface area contributed by atoms with Crippen LogP contribution in [0.25, 0.3) is 6.08 Å². The molecule has 0 amide bonds. The molecular formula is C14H11NO5. The molecule has 0 fully saturated rings. The van der Waals surface area contributed by atoms with Crippen LogP contribution in [0.2, 0.25) is 0 Å². The van der Waals surface area contributed by atoms with Crippen molar-refractivity contribution in [3.63, 3.8) is 0 Å². The van der Waals surface area contributed by atoms with Gasteiger partial charge in [-0.1, -0.05) is 12.1 Å². The van der Waals surface area contributed by atoms with E-state index in [1.54, 1.807) is 24.3 Å². The summed E-state index contributed by atoms with van der Waals surface area (Å²) in [5, 5.41) is 10.6. The molecule has 2 aromatic rings. The van der Waals surface area contributed by atoms with E-state index >= 15 is 0 Å². The Morgan fingerprint density at radius 2 is 2.20 bits per heavy atom. The highest BCUT2D eigenvalue weighted by atomic mass is 16.6. The van der Waals surface area contributed by atoms with Crippen molar-refractivity contribution in [2.45, 2.75) is 6.61 Å². The van der Waals surface area contributed by atoms with Gasteiger partial charge in [-0.05, 0) is 23.8 Å². The van der Waals surface area contributed by atoms with Gasteiger partial charge in [0.1, 0.15) is 12.4 Å². The molecule has 0 spiro atoms. The summed E-state index contributed by atoms with van der Waals surface area (Å²) in [5.74, 6) is -0.00462. The van der Waals surface area contributed by atoms with Gasteiger partial charge in [0.25, 0.3) is 5.69 Å². The minimum absolute atomic E-state index is 0.0314. The normalized spacial score (nSPS) is 10.6. The van der Waals surface area contributed by atoms with Crippen molar-refractivity contribution < 1.29 is 18.9 Å². The lowest BCUT2D eigenvalue weighted by Crippen LogP contribution is -1.99. The molecule has 0 aliphatic heterocycles. The van der Waals surface area contributed by atoms with Crippen molar-refractivity contribution in [3.8, 4) is 0 Å². The van der Waals surface area contributed by atoms with Gasteiger partial charge in [-0.15, -0.1) is 0 Å². The molecule has 6 nitrogen and oxygen atoms in total. The monoisotopic (exact) mass is 273 g/mol. The van der Waals surface area contributed by atoms with E-state index in [1.165, 1.54) is 30.5 Å². The van der Waals surface area contributed by atoms with E-state index in [0.29, 0.717) is 11.3 Å². The molecule has 0 unspecified atom stereocenters. The number of ether oxygens (including phenoxy) is 1. The molecule has 102 valence electrons. The van der Waals surface area contributed by atoms with Crippen molar-refractivity contribution in [1.29, 1.82) is 0 Å². The maximum atomic E-state index is 11.4. The molecule has 1 aromatic carbocycles. The van der Waals surface area contributed by atoms with Gasteiger partial charge < -0.3 is 9.15 Å². The third kappa shape index (κ3) is 3.81. The Balaban J connectivity index is 1.93.